The maximum atomic E-state index is 12.1. The van der Waals surface area contributed by atoms with Crippen LogP contribution in [0.15, 0.2) is 36.5 Å². The van der Waals surface area contributed by atoms with Gasteiger partial charge in [-0.1, -0.05) is 41.1 Å². The molecule has 0 spiro atoms. The largest absolute Gasteiger partial charge is 0.352 e. The normalized spacial score (nSPS) is 12.3. The third-order valence-electron chi connectivity index (χ3n) is 2.94. The molecular formula is C15H17BrN2O. The number of nitrogens with one attached hydrogen (secondary N) is 1. The van der Waals surface area contributed by atoms with Crippen molar-refractivity contribution in [3.8, 4) is 0 Å². The van der Waals surface area contributed by atoms with Gasteiger partial charge >= 0.3 is 0 Å². The molecule has 1 amide bonds. The minimum absolute atomic E-state index is 0.0495. The van der Waals surface area contributed by atoms with Gasteiger partial charge in [-0.3, -0.25) is 9.78 Å². The van der Waals surface area contributed by atoms with Crippen molar-refractivity contribution in [2.24, 2.45) is 0 Å². The number of alkyl halides is 1. The summed E-state index contributed by atoms with van der Waals surface area (Å²) in [6.07, 6.45) is 3.73. The summed E-state index contributed by atoms with van der Waals surface area (Å²) in [4.78, 5) is 16.9. The van der Waals surface area contributed by atoms with E-state index < -0.39 is 0 Å². The number of nitrogens with zero attached hydrogens (tertiary/aromatic N) is 1. The van der Waals surface area contributed by atoms with E-state index in [0.29, 0.717) is 16.9 Å². The smallest absolute Gasteiger partial charge is 0.253 e. The van der Waals surface area contributed by atoms with Crippen LogP contribution < -0.4 is 5.32 Å². The fourth-order valence-corrected chi connectivity index (χ4v) is 2.29. The number of halogens is 1. The third kappa shape index (κ3) is 3.77. The molecule has 100 valence electrons. The number of pyridine rings is 1. The fraction of sp³-hybridized carbons (Fsp3) is 0.333. The summed E-state index contributed by atoms with van der Waals surface area (Å²) in [5, 5.41) is 3.94. The molecule has 1 unspecified atom stereocenters. The van der Waals surface area contributed by atoms with Crippen molar-refractivity contribution in [3.05, 3.63) is 42.1 Å². The highest BCUT2D eigenvalue weighted by atomic mass is 79.9. The molecule has 19 heavy (non-hydrogen) atoms. The van der Waals surface area contributed by atoms with Gasteiger partial charge in [-0.2, -0.15) is 0 Å². The lowest BCUT2D eigenvalue weighted by molar-refractivity contribution is 0.0954. The summed E-state index contributed by atoms with van der Waals surface area (Å²) in [5.74, 6) is -0.0495. The van der Waals surface area contributed by atoms with Gasteiger partial charge in [0.25, 0.3) is 5.91 Å². The molecule has 1 atom stereocenters. The fourth-order valence-electron chi connectivity index (χ4n) is 1.97. The molecule has 0 saturated carbocycles. The Morgan fingerprint density at radius 3 is 2.95 bits per heavy atom. The Balaban J connectivity index is 2.05. The second kappa shape index (κ2) is 6.66. The summed E-state index contributed by atoms with van der Waals surface area (Å²) in [6.45, 7) is 2.80. The van der Waals surface area contributed by atoms with Gasteiger partial charge in [-0.25, -0.2) is 0 Å². The number of hydrogen-bond donors (Lipinski definition) is 1. The molecule has 1 N–H and O–H groups in total. The van der Waals surface area contributed by atoms with Gasteiger partial charge in [0.15, 0.2) is 0 Å². The van der Waals surface area contributed by atoms with Crippen molar-refractivity contribution in [1.82, 2.24) is 10.3 Å². The zero-order chi connectivity index (χ0) is 13.7. The Kier molecular flexibility index (Phi) is 4.91. The van der Waals surface area contributed by atoms with Crippen molar-refractivity contribution in [1.29, 1.82) is 0 Å². The number of amides is 1. The topological polar surface area (TPSA) is 42.0 Å². The lowest BCUT2D eigenvalue weighted by atomic mass is 10.1. The van der Waals surface area contributed by atoms with Gasteiger partial charge in [0.05, 0.1) is 11.1 Å². The molecule has 0 saturated heterocycles. The molecule has 0 fully saturated rings. The van der Waals surface area contributed by atoms with Crippen LogP contribution in [0.2, 0.25) is 0 Å². The highest BCUT2D eigenvalue weighted by Crippen LogP contribution is 2.15. The first-order valence-electron chi connectivity index (χ1n) is 6.44. The molecule has 0 radical (unpaired) electrons. The maximum absolute atomic E-state index is 12.1. The van der Waals surface area contributed by atoms with Crippen molar-refractivity contribution >= 4 is 32.7 Å². The quantitative estimate of drug-likeness (QED) is 0.676. The Bertz CT molecular complexity index is 564. The number of para-hydroxylation sites is 1. The Morgan fingerprint density at radius 1 is 1.37 bits per heavy atom. The second-order valence-electron chi connectivity index (χ2n) is 4.56. The molecule has 0 aliphatic rings. The highest BCUT2D eigenvalue weighted by molar-refractivity contribution is 9.09. The minimum Gasteiger partial charge on any atom is -0.352 e. The zero-order valence-electron chi connectivity index (χ0n) is 10.9. The molecule has 3 nitrogen and oxygen atoms in total. The van der Waals surface area contributed by atoms with Crippen molar-refractivity contribution in [2.45, 2.75) is 24.6 Å². The van der Waals surface area contributed by atoms with Crippen LogP contribution in [0, 0.1) is 0 Å². The molecular weight excluding hydrogens is 304 g/mol. The molecule has 1 heterocycles. The number of carbonyl (C=O) groups excluding carboxylic acids is 1. The monoisotopic (exact) mass is 320 g/mol. The van der Waals surface area contributed by atoms with E-state index in [1.807, 2.05) is 30.3 Å². The van der Waals surface area contributed by atoms with Gasteiger partial charge < -0.3 is 5.32 Å². The molecule has 1 aromatic carbocycles. The van der Waals surface area contributed by atoms with Gasteiger partial charge in [-0.15, -0.1) is 0 Å². The number of hydrogen-bond acceptors (Lipinski definition) is 2. The van der Waals surface area contributed by atoms with E-state index in [4.69, 9.17) is 0 Å². The predicted octanol–water partition coefficient (Wildman–Crippen LogP) is 3.53. The molecule has 1 aromatic heterocycles. The van der Waals surface area contributed by atoms with Gasteiger partial charge in [-0.05, 0) is 25.0 Å². The number of fused-ring (bicyclic) bond motifs is 1. The van der Waals surface area contributed by atoms with E-state index in [9.17, 15) is 4.79 Å². The molecule has 2 rings (SSSR count). The van der Waals surface area contributed by atoms with E-state index in [1.54, 1.807) is 6.20 Å². The summed E-state index contributed by atoms with van der Waals surface area (Å²) in [5.41, 5.74) is 1.40. The third-order valence-corrected chi connectivity index (χ3v) is 3.40. The maximum Gasteiger partial charge on any atom is 0.253 e. The van der Waals surface area contributed by atoms with E-state index >= 15 is 0 Å². The first kappa shape index (κ1) is 14.0. The van der Waals surface area contributed by atoms with Crippen LogP contribution >= 0.6 is 15.9 Å². The first-order valence-corrected chi connectivity index (χ1v) is 7.36. The highest BCUT2D eigenvalue weighted by Gasteiger charge is 2.09. The van der Waals surface area contributed by atoms with Gasteiger partial charge in [0.1, 0.15) is 0 Å². The van der Waals surface area contributed by atoms with E-state index in [2.05, 4.69) is 33.2 Å². The van der Waals surface area contributed by atoms with Crippen LogP contribution in [0.1, 0.15) is 30.1 Å². The van der Waals surface area contributed by atoms with Crippen LogP contribution in [0.4, 0.5) is 0 Å². The van der Waals surface area contributed by atoms with Crippen LogP contribution in [0.25, 0.3) is 10.9 Å². The van der Waals surface area contributed by atoms with E-state index in [1.165, 1.54) is 0 Å². The zero-order valence-corrected chi connectivity index (χ0v) is 12.5. The van der Waals surface area contributed by atoms with Crippen LogP contribution in [-0.4, -0.2) is 22.3 Å². The van der Waals surface area contributed by atoms with Crippen molar-refractivity contribution in [3.63, 3.8) is 0 Å². The lowest BCUT2D eigenvalue weighted by Gasteiger charge is -2.08. The van der Waals surface area contributed by atoms with E-state index in [-0.39, 0.29) is 5.91 Å². The van der Waals surface area contributed by atoms with Gasteiger partial charge in [0.2, 0.25) is 0 Å². The Labute approximate surface area is 121 Å². The van der Waals surface area contributed by atoms with Crippen LogP contribution in [0.5, 0.6) is 0 Å². The van der Waals surface area contributed by atoms with Gasteiger partial charge in [0, 0.05) is 23.0 Å². The average molecular weight is 321 g/mol. The Morgan fingerprint density at radius 2 is 2.16 bits per heavy atom. The summed E-state index contributed by atoms with van der Waals surface area (Å²) in [7, 11) is 0. The number of carbonyl (C=O) groups is 1. The van der Waals surface area contributed by atoms with E-state index in [0.717, 1.165) is 23.7 Å². The average Bonchev–Trinajstić information content (AvgIpc) is 2.42. The first-order chi connectivity index (χ1) is 9.18. The van der Waals surface area contributed by atoms with Crippen molar-refractivity contribution < 1.29 is 4.79 Å². The SMILES string of the molecule is CC(Br)CCCNC(=O)c1cccc2cccnc12. The Hall–Kier alpha value is -1.42. The molecule has 0 bridgehead atoms. The van der Waals surface area contributed by atoms with Crippen molar-refractivity contribution in [2.75, 3.05) is 6.54 Å². The molecule has 4 heteroatoms. The standard InChI is InChI=1S/C15H17BrN2O/c1-11(16)5-3-10-18-15(19)13-8-2-6-12-7-4-9-17-14(12)13/h2,4,6-9,11H,3,5,10H2,1H3,(H,18,19). The predicted molar refractivity (Wildman–Crippen MR) is 81.7 cm³/mol. The second-order valence-corrected chi connectivity index (χ2v) is 6.12. The number of benzene rings is 1. The molecule has 0 aliphatic heterocycles. The number of rotatable bonds is 5. The number of aromatic nitrogens is 1. The summed E-state index contributed by atoms with van der Waals surface area (Å²) in [6, 6.07) is 9.51. The molecule has 2 aromatic rings. The van der Waals surface area contributed by atoms with Crippen LogP contribution in [-0.2, 0) is 0 Å². The lowest BCUT2D eigenvalue weighted by Crippen LogP contribution is -2.25. The summed E-state index contributed by atoms with van der Waals surface area (Å²) < 4.78 is 0. The van der Waals surface area contributed by atoms with Crippen LogP contribution in [0.3, 0.4) is 0 Å². The minimum atomic E-state index is -0.0495. The molecule has 0 aliphatic carbocycles. The summed E-state index contributed by atoms with van der Waals surface area (Å²) >= 11 is 3.50.